The van der Waals surface area contributed by atoms with Crippen LogP contribution in [0.1, 0.15) is 0 Å². The molecular weight excluding hydrogens is 198 g/mol. The third kappa shape index (κ3) is 1.74. The van der Waals surface area contributed by atoms with E-state index in [0.717, 1.165) is 11.3 Å². The van der Waals surface area contributed by atoms with Gasteiger partial charge in [-0.2, -0.15) is 5.10 Å². The van der Waals surface area contributed by atoms with Crippen LogP contribution in [0.3, 0.4) is 0 Å². The van der Waals surface area contributed by atoms with Gasteiger partial charge in [0, 0.05) is 18.8 Å². The average Bonchev–Trinajstić information content (AvgIpc) is 2.65. The van der Waals surface area contributed by atoms with Gasteiger partial charge in [0.05, 0.1) is 12.4 Å². The van der Waals surface area contributed by atoms with Crippen LogP contribution in [-0.4, -0.2) is 31.2 Å². The Morgan fingerprint density at radius 3 is 2.64 bits per heavy atom. The quantitative estimate of drug-likeness (QED) is 0.687. The zero-order valence-electron chi connectivity index (χ0n) is 7.88. The summed E-state index contributed by atoms with van der Waals surface area (Å²) in [4.78, 5) is 4.14. The lowest BCUT2D eigenvalue weighted by molar-refractivity contribution is 0.767. The van der Waals surface area contributed by atoms with Crippen LogP contribution in [0.25, 0.3) is 11.3 Å². The Bertz CT molecular complexity index is 422. The van der Waals surface area contributed by atoms with E-state index in [1.54, 1.807) is 17.1 Å². The highest BCUT2D eigenvalue weighted by molar-refractivity contribution is 7.98. The van der Waals surface area contributed by atoms with Gasteiger partial charge in [-0.1, -0.05) is 11.8 Å². The summed E-state index contributed by atoms with van der Waals surface area (Å²) in [6.45, 7) is 0. The maximum absolute atomic E-state index is 4.14. The van der Waals surface area contributed by atoms with Crippen LogP contribution in [0.2, 0.25) is 0 Å². The van der Waals surface area contributed by atoms with Crippen molar-refractivity contribution in [3.05, 3.63) is 18.6 Å². The van der Waals surface area contributed by atoms with Crippen LogP contribution in [0.4, 0.5) is 0 Å². The molecule has 0 fully saturated rings. The Kier molecular flexibility index (Phi) is 2.45. The Balaban J connectivity index is 2.33. The minimum Gasteiger partial charge on any atom is -0.275 e. The van der Waals surface area contributed by atoms with Crippen molar-refractivity contribution >= 4 is 11.8 Å². The molecule has 2 aromatic heterocycles. The molecule has 0 aliphatic heterocycles. The molecule has 0 saturated heterocycles. The van der Waals surface area contributed by atoms with E-state index in [9.17, 15) is 0 Å². The Labute approximate surface area is 85.6 Å². The SMILES string of the molecule is CSc1ncc(-c2cnn(C)c2)nn1. The van der Waals surface area contributed by atoms with Crippen molar-refractivity contribution < 1.29 is 0 Å². The minimum absolute atomic E-state index is 0.678. The van der Waals surface area contributed by atoms with E-state index in [4.69, 9.17) is 0 Å². The maximum Gasteiger partial charge on any atom is 0.208 e. The van der Waals surface area contributed by atoms with E-state index in [-0.39, 0.29) is 0 Å². The zero-order valence-corrected chi connectivity index (χ0v) is 8.69. The van der Waals surface area contributed by atoms with Gasteiger partial charge in [-0.05, 0) is 6.26 Å². The molecule has 0 aliphatic rings. The van der Waals surface area contributed by atoms with Crippen LogP contribution in [0.15, 0.2) is 23.7 Å². The zero-order chi connectivity index (χ0) is 9.97. The smallest absolute Gasteiger partial charge is 0.208 e. The maximum atomic E-state index is 4.14. The highest BCUT2D eigenvalue weighted by atomic mass is 32.2. The van der Waals surface area contributed by atoms with Crippen LogP contribution in [0.5, 0.6) is 0 Å². The lowest BCUT2D eigenvalue weighted by Crippen LogP contribution is -1.91. The van der Waals surface area contributed by atoms with E-state index < -0.39 is 0 Å². The van der Waals surface area contributed by atoms with Gasteiger partial charge in [0.2, 0.25) is 5.16 Å². The van der Waals surface area contributed by atoms with Gasteiger partial charge in [-0.25, -0.2) is 4.98 Å². The molecular formula is C8H9N5S. The van der Waals surface area contributed by atoms with E-state index in [1.807, 2.05) is 19.5 Å². The minimum atomic E-state index is 0.678. The van der Waals surface area contributed by atoms with Gasteiger partial charge < -0.3 is 0 Å². The van der Waals surface area contributed by atoms with Gasteiger partial charge in [0.1, 0.15) is 5.69 Å². The van der Waals surface area contributed by atoms with Crippen LogP contribution >= 0.6 is 11.8 Å². The number of hydrogen-bond donors (Lipinski definition) is 0. The molecule has 72 valence electrons. The molecule has 0 spiro atoms. The van der Waals surface area contributed by atoms with Gasteiger partial charge in [0.15, 0.2) is 0 Å². The molecule has 2 rings (SSSR count). The molecule has 0 N–H and O–H groups in total. The summed E-state index contributed by atoms with van der Waals surface area (Å²) < 4.78 is 1.72. The number of aryl methyl sites for hydroxylation is 1. The molecule has 0 unspecified atom stereocenters. The van der Waals surface area contributed by atoms with Gasteiger partial charge >= 0.3 is 0 Å². The van der Waals surface area contributed by atoms with Crippen molar-refractivity contribution in [1.82, 2.24) is 25.0 Å². The molecule has 2 aromatic rings. The standard InChI is InChI=1S/C8H9N5S/c1-13-5-6(3-10-13)7-4-9-8(14-2)12-11-7/h3-5H,1-2H3. The van der Waals surface area contributed by atoms with Crippen LogP contribution in [-0.2, 0) is 7.05 Å². The summed E-state index contributed by atoms with van der Waals surface area (Å²) in [5, 5.41) is 12.7. The fourth-order valence-corrected chi connectivity index (χ4v) is 1.32. The Morgan fingerprint density at radius 2 is 2.14 bits per heavy atom. The monoisotopic (exact) mass is 207 g/mol. The van der Waals surface area contributed by atoms with Crippen molar-refractivity contribution in [2.75, 3.05) is 6.26 Å². The predicted octanol–water partition coefficient (Wildman–Crippen LogP) is 0.994. The highest BCUT2D eigenvalue weighted by Gasteiger charge is 2.03. The number of aromatic nitrogens is 5. The summed E-state index contributed by atoms with van der Waals surface area (Å²) in [5.74, 6) is 0. The first-order valence-electron chi connectivity index (χ1n) is 4.02. The van der Waals surface area contributed by atoms with Crippen molar-refractivity contribution in [2.24, 2.45) is 7.05 Å². The van der Waals surface area contributed by atoms with E-state index in [0.29, 0.717) is 5.16 Å². The van der Waals surface area contributed by atoms with Crippen molar-refractivity contribution in [3.63, 3.8) is 0 Å². The Morgan fingerprint density at radius 1 is 1.29 bits per heavy atom. The highest BCUT2D eigenvalue weighted by Crippen LogP contribution is 2.14. The molecule has 5 nitrogen and oxygen atoms in total. The van der Waals surface area contributed by atoms with E-state index in [1.165, 1.54) is 11.8 Å². The predicted molar refractivity (Wildman–Crippen MR) is 53.8 cm³/mol. The summed E-state index contributed by atoms with van der Waals surface area (Å²) in [6.07, 6.45) is 7.24. The topological polar surface area (TPSA) is 56.5 Å². The Hall–Kier alpha value is -1.43. The van der Waals surface area contributed by atoms with Crippen LogP contribution in [0, 0.1) is 0 Å². The summed E-state index contributed by atoms with van der Waals surface area (Å²) in [6, 6.07) is 0. The van der Waals surface area contributed by atoms with Crippen molar-refractivity contribution in [2.45, 2.75) is 5.16 Å². The first-order chi connectivity index (χ1) is 6.79. The van der Waals surface area contributed by atoms with Gasteiger partial charge in [-0.15, -0.1) is 10.2 Å². The summed E-state index contributed by atoms with van der Waals surface area (Å²) in [7, 11) is 1.86. The molecule has 2 heterocycles. The van der Waals surface area contributed by atoms with E-state index in [2.05, 4.69) is 20.3 Å². The first-order valence-corrected chi connectivity index (χ1v) is 5.25. The number of hydrogen-bond acceptors (Lipinski definition) is 5. The molecule has 14 heavy (non-hydrogen) atoms. The molecule has 0 saturated carbocycles. The fraction of sp³-hybridized carbons (Fsp3) is 0.250. The second kappa shape index (κ2) is 3.75. The summed E-state index contributed by atoms with van der Waals surface area (Å²) >= 11 is 1.47. The fourth-order valence-electron chi connectivity index (χ4n) is 1.04. The lowest BCUT2D eigenvalue weighted by Gasteiger charge is -1.95. The molecule has 0 radical (unpaired) electrons. The largest absolute Gasteiger partial charge is 0.275 e. The van der Waals surface area contributed by atoms with Gasteiger partial charge in [-0.3, -0.25) is 4.68 Å². The third-order valence-electron chi connectivity index (χ3n) is 1.72. The molecule has 0 bridgehead atoms. The second-order valence-electron chi connectivity index (χ2n) is 2.73. The molecule has 0 aliphatic carbocycles. The average molecular weight is 207 g/mol. The summed E-state index contributed by atoms with van der Waals surface area (Å²) in [5.41, 5.74) is 1.68. The van der Waals surface area contributed by atoms with Crippen molar-refractivity contribution in [1.29, 1.82) is 0 Å². The molecule has 6 heteroatoms. The number of thioether (sulfide) groups is 1. The van der Waals surface area contributed by atoms with E-state index >= 15 is 0 Å². The molecule has 0 aromatic carbocycles. The normalized spacial score (nSPS) is 10.4. The lowest BCUT2D eigenvalue weighted by atomic mass is 10.3. The van der Waals surface area contributed by atoms with Crippen molar-refractivity contribution in [3.8, 4) is 11.3 Å². The van der Waals surface area contributed by atoms with Crippen LogP contribution < -0.4 is 0 Å². The molecule has 0 amide bonds. The second-order valence-corrected chi connectivity index (χ2v) is 3.51. The van der Waals surface area contributed by atoms with Gasteiger partial charge in [0.25, 0.3) is 0 Å². The first kappa shape index (κ1) is 9.14. The number of rotatable bonds is 2. The number of nitrogens with zero attached hydrogens (tertiary/aromatic N) is 5. The molecule has 0 atom stereocenters. The third-order valence-corrected chi connectivity index (χ3v) is 2.28.